The van der Waals surface area contributed by atoms with E-state index in [1.54, 1.807) is 14.0 Å². The fraction of sp³-hybridized carbons (Fsp3) is 0.400. The predicted molar refractivity (Wildman–Crippen MR) is 87.1 cm³/mol. The molecule has 0 saturated carbocycles. The van der Waals surface area contributed by atoms with Crippen LogP contribution in [0, 0.1) is 0 Å². The number of ether oxygens (including phenoxy) is 1. The van der Waals surface area contributed by atoms with Crippen LogP contribution in [-0.4, -0.2) is 37.1 Å². The van der Waals surface area contributed by atoms with Crippen molar-refractivity contribution >= 4 is 38.5 Å². The van der Waals surface area contributed by atoms with E-state index in [2.05, 4.69) is 15.6 Å². The van der Waals surface area contributed by atoms with Gasteiger partial charge in [0.25, 0.3) is 0 Å². The molecule has 0 fully saturated rings. The first-order chi connectivity index (χ1) is 10.6. The van der Waals surface area contributed by atoms with E-state index >= 15 is 0 Å². The summed E-state index contributed by atoms with van der Waals surface area (Å²) in [4.78, 5) is 27.5. The quantitative estimate of drug-likeness (QED) is 0.764. The van der Waals surface area contributed by atoms with Gasteiger partial charge in [0.1, 0.15) is 0 Å². The summed E-state index contributed by atoms with van der Waals surface area (Å²) < 4.78 is 5.84. The molecule has 0 spiro atoms. The number of rotatable bonds is 7. The lowest BCUT2D eigenvalue weighted by Crippen LogP contribution is -2.28. The third-order valence-electron chi connectivity index (χ3n) is 3.01. The van der Waals surface area contributed by atoms with Gasteiger partial charge in [-0.3, -0.25) is 9.59 Å². The molecule has 1 aromatic heterocycles. The molecule has 0 radical (unpaired) electrons. The van der Waals surface area contributed by atoms with E-state index in [1.807, 2.05) is 18.2 Å². The molecule has 1 aromatic carbocycles. The Hall–Kier alpha value is -1.99. The second-order valence-corrected chi connectivity index (χ2v) is 5.77. The number of anilines is 1. The molecule has 0 aliphatic carbocycles. The summed E-state index contributed by atoms with van der Waals surface area (Å²) in [5.41, 5.74) is 1.74. The summed E-state index contributed by atoms with van der Waals surface area (Å²) in [7, 11) is 1.60. The summed E-state index contributed by atoms with van der Waals surface area (Å²) in [6, 6.07) is 5.68. The monoisotopic (exact) mass is 321 g/mol. The van der Waals surface area contributed by atoms with E-state index < -0.39 is 0 Å². The fourth-order valence-electron chi connectivity index (χ4n) is 1.88. The van der Waals surface area contributed by atoms with Gasteiger partial charge >= 0.3 is 0 Å². The van der Waals surface area contributed by atoms with E-state index in [1.165, 1.54) is 11.3 Å². The Morgan fingerprint density at radius 2 is 2.14 bits per heavy atom. The highest BCUT2D eigenvalue weighted by molar-refractivity contribution is 7.22. The van der Waals surface area contributed by atoms with Crippen molar-refractivity contribution in [3.8, 4) is 0 Å². The van der Waals surface area contributed by atoms with Gasteiger partial charge in [-0.25, -0.2) is 4.98 Å². The maximum Gasteiger partial charge on any atom is 0.225 e. The van der Waals surface area contributed by atoms with Gasteiger partial charge in [0.05, 0.1) is 23.2 Å². The SMILES string of the molecule is CCC(=O)Nc1nc2ccc(CC(=O)NCCOC)cc2s1. The highest BCUT2D eigenvalue weighted by atomic mass is 32.1. The Morgan fingerprint density at radius 1 is 1.32 bits per heavy atom. The molecular weight excluding hydrogens is 302 g/mol. The third-order valence-corrected chi connectivity index (χ3v) is 3.95. The lowest BCUT2D eigenvalue weighted by molar-refractivity contribution is -0.120. The van der Waals surface area contributed by atoms with Crippen molar-refractivity contribution in [1.82, 2.24) is 10.3 Å². The minimum atomic E-state index is -0.0585. The van der Waals surface area contributed by atoms with Gasteiger partial charge in [0.15, 0.2) is 5.13 Å². The van der Waals surface area contributed by atoms with Crippen LogP contribution in [-0.2, 0) is 20.7 Å². The van der Waals surface area contributed by atoms with Gasteiger partial charge in [0, 0.05) is 20.1 Å². The molecular formula is C15H19N3O3S. The van der Waals surface area contributed by atoms with Gasteiger partial charge in [-0.15, -0.1) is 0 Å². The third kappa shape index (κ3) is 4.51. The van der Waals surface area contributed by atoms with Gasteiger partial charge in [0.2, 0.25) is 11.8 Å². The molecule has 2 N–H and O–H groups in total. The first-order valence-corrected chi connectivity index (χ1v) is 7.89. The van der Waals surface area contributed by atoms with E-state index in [0.717, 1.165) is 15.8 Å². The van der Waals surface area contributed by atoms with Crippen LogP contribution in [0.5, 0.6) is 0 Å². The highest BCUT2D eigenvalue weighted by Crippen LogP contribution is 2.27. The van der Waals surface area contributed by atoms with Crippen LogP contribution in [0.3, 0.4) is 0 Å². The van der Waals surface area contributed by atoms with Crippen molar-refractivity contribution in [2.45, 2.75) is 19.8 Å². The molecule has 0 aliphatic heterocycles. The fourth-order valence-corrected chi connectivity index (χ4v) is 2.83. The molecule has 22 heavy (non-hydrogen) atoms. The molecule has 2 amide bonds. The van der Waals surface area contributed by atoms with E-state index in [9.17, 15) is 9.59 Å². The largest absolute Gasteiger partial charge is 0.383 e. The smallest absolute Gasteiger partial charge is 0.225 e. The normalized spacial score (nSPS) is 10.6. The van der Waals surface area contributed by atoms with Gasteiger partial charge in [-0.05, 0) is 17.7 Å². The lowest BCUT2D eigenvalue weighted by atomic mass is 10.1. The van der Waals surface area contributed by atoms with Crippen molar-refractivity contribution in [3.63, 3.8) is 0 Å². The molecule has 0 unspecified atom stereocenters. The van der Waals surface area contributed by atoms with Crippen LogP contribution in [0.2, 0.25) is 0 Å². The molecule has 0 atom stereocenters. The molecule has 2 aromatic rings. The Morgan fingerprint density at radius 3 is 2.86 bits per heavy atom. The minimum Gasteiger partial charge on any atom is -0.383 e. The molecule has 0 saturated heterocycles. The van der Waals surface area contributed by atoms with Crippen molar-refractivity contribution in [1.29, 1.82) is 0 Å². The number of fused-ring (bicyclic) bond motifs is 1. The van der Waals surface area contributed by atoms with Crippen molar-refractivity contribution in [2.24, 2.45) is 0 Å². The van der Waals surface area contributed by atoms with Gasteiger partial charge in [-0.1, -0.05) is 24.3 Å². The van der Waals surface area contributed by atoms with Crippen LogP contribution in [0.15, 0.2) is 18.2 Å². The number of carbonyl (C=O) groups is 2. The zero-order valence-electron chi connectivity index (χ0n) is 12.6. The number of thiazole rings is 1. The van der Waals surface area contributed by atoms with Gasteiger partial charge in [-0.2, -0.15) is 0 Å². The summed E-state index contributed by atoms with van der Waals surface area (Å²) in [5.74, 6) is -0.0998. The number of nitrogens with zero attached hydrogens (tertiary/aromatic N) is 1. The number of hydrogen-bond donors (Lipinski definition) is 2. The molecule has 0 aliphatic rings. The first-order valence-electron chi connectivity index (χ1n) is 7.07. The Kier molecular flexibility index (Phi) is 5.85. The van der Waals surface area contributed by atoms with Crippen molar-refractivity contribution in [2.75, 3.05) is 25.6 Å². The topological polar surface area (TPSA) is 80.3 Å². The first kappa shape index (κ1) is 16.4. The van der Waals surface area contributed by atoms with Gasteiger partial charge < -0.3 is 15.4 Å². The molecule has 0 bridgehead atoms. The average Bonchev–Trinajstić information content (AvgIpc) is 2.88. The molecule has 7 heteroatoms. The zero-order chi connectivity index (χ0) is 15.9. The maximum atomic E-state index is 11.8. The van der Waals surface area contributed by atoms with E-state index in [0.29, 0.717) is 31.1 Å². The molecule has 118 valence electrons. The average molecular weight is 321 g/mol. The number of nitrogens with one attached hydrogen (secondary N) is 2. The maximum absolute atomic E-state index is 11.8. The second-order valence-electron chi connectivity index (χ2n) is 4.74. The Bertz CT molecular complexity index is 669. The number of methoxy groups -OCH3 is 1. The number of amides is 2. The lowest BCUT2D eigenvalue weighted by Gasteiger charge is -2.04. The van der Waals surface area contributed by atoms with Crippen LogP contribution in [0.1, 0.15) is 18.9 Å². The van der Waals surface area contributed by atoms with Crippen LogP contribution < -0.4 is 10.6 Å². The minimum absolute atomic E-state index is 0.0413. The molecule has 2 rings (SSSR count). The number of aromatic nitrogens is 1. The highest BCUT2D eigenvalue weighted by Gasteiger charge is 2.09. The summed E-state index contributed by atoms with van der Waals surface area (Å²) in [5, 5.41) is 6.12. The van der Waals surface area contributed by atoms with Crippen molar-refractivity contribution in [3.05, 3.63) is 23.8 Å². The number of benzene rings is 1. The zero-order valence-corrected chi connectivity index (χ0v) is 13.5. The van der Waals surface area contributed by atoms with E-state index in [-0.39, 0.29) is 11.8 Å². The number of carbonyl (C=O) groups excluding carboxylic acids is 2. The Balaban J connectivity index is 2.03. The van der Waals surface area contributed by atoms with E-state index in [4.69, 9.17) is 4.74 Å². The number of hydrogen-bond acceptors (Lipinski definition) is 5. The summed E-state index contributed by atoms with van der Waals surface area (Å²) >= 11 is 1.41. The van der Waals surface area contributed by atoms with Crippen LogP contribution in [0.4, 0.5) is 5.13 Å². The predicted octanol–water partition coefficient (Wildman–Crippen LogP) is 1.95. The second kappa shape index (κ2) is 7.86. The van der Waals surface area contributed by atoms with Crippen LogP contribution >= 0.6 is 11.3 Å². The molecule has 1 heterocycles. The summed E-state index contributed by atoms with van der Waals surface area (Å²) in [6.07, 6.45) is 0.733. The van der Waals surface area contributed by atoms with Crippen molar-refractivity contribution < 1.29 is 14.3 Å². The molecule has 6 nitrogen and oxygen atoms in total. The van der Waals surface area contributed by atoms with Crippen LogP contribution in [0.25, 0.3) is 10.2 Å². The summed E-state index contributed by atoms with van der Waals surface area (Å²) in [6.45, 7) is 2.80. The standard InChI is InChI=1S/C15H19N3O3S/c1-3-13(19)18-15-17-11-5-4-10(8-12(11)22-15)9-14(20)16-6-7-21-2/h4-5,8H,3,6-7,9H2,1-2H3,(H,16,20)(H,17,18,19). The Labute approximate surface area is 132 Å².